The number of carbonyl (C=O) groups excluding carboxylic acids is 1. The van der Waals surface area contributed by atoms with Crippen LogP contribution < -0.4 is 5.32 Å². The quantitative estimate of drug-likeness (QED) is 0.859. The summed E-state index contributed by atoms with van der Waals surface area (Å²) < 4.78 is 5.15. The van der Waals surface area contributed by atoms with Crippen molar-refractivity contribution in [3.8, 4) is 0 Å². The molecule has 0 bridgehead atoms. The number of nitrogens with one attached hydrogen (secondary N) is 1. The van der Waals surface area contributed by atoms with Gasteiger partial charge in [-0.25, -0.2) is 4.79 Å². The van der Waals surface area contributed by atoms with Crippen molar-refractivity contribution in [1.82, 2.24) is 5.32 Å². The molecule has 0 spiro atoms. The lowest BCUT2D eigenvalue weighted by atomic mass is 10.1. The summed E-state index contributed by atoms with van der Waals surface area (Å²) in [4.78, 5) is 11.6. The van der Waals surface area contributed by atoms with Gasteiger partial charge in [0.2, 0.25) is 0 Å². The van der Waals surface area contributed by atoms with Crippen LogP contribution in [0.5, 0.6) is 0 Å². The van der Waals surface area contributed by atoms with Crippen LogP contribution in [0.4, 0.5) is 4.79 Å². The van der Waals surface area contributed by atoms with E-state index in [0.29, 0.717) is 0 Å². The summed E-state index contributed by atoms with van der Waals surface area (Å²) in [5, 5.41) is 12.0. The average Bonchev–Trinajstić information content (AvgIpc) is 2.85. The molecule has 0 saturated heterocycles. The van der Waals surface area contributed by atoms with Crippen LogP contribution in [-0.4, -0.2) is 23.8 Å². The Morgan fingerprint density at radius 2 is 2.11 bits per heavy atom. The number of hydrogen-bond donors (Lipinski definition) is 2. The summed E-state index contributed by atoms with van der Waals surface area (Å²) in [5.74, 6) is 0.175. The second-order valence-corrected chi connectivity index (χ2v) is 4.69. The fraction of sp³-hybridized carbons (Fsp3) is 0.500. The van der Waals surface area contributed by atoms with E-state index in [0.717, 1.165) is 24.8 Å². The number of carbonyl (C=O) groups is 1. The first kappa shape index (κ1) is 12.9. The SMILES string of the molecule is O=C(NC1CCCC1CO)OCc1ccccc1. The molecule has 0 heterocycles. The van der Waals surface area contributed by atoms with Crippen molar-refractivity contribution in [2.75, 3.05) is 6.61 Å². The van der Waals surface area contributed by atoms with Crippen LogP contribution in [0.3, 0.4) is 0 Å². The van der Waals surface area contributed by atoms with Crippen molar-refractivity contribution < 1.29 is 14.6 Å². The van der Waals surface area contributed by atoms with Crippen molar-refractivity contribution in [1.29, 1.82) is 0 Å². The molecule has 1 aliphatic carbocycles. The van der Waals surface area contributed by atoms with Gasteiger partial charge in [-0.05, 0) is 18.4 Å². The van der Waals surface area contributed by atoms with Gasteiger partial charge in [-0.2, -0.15) is 0 Å². The molecule has 2 atom stereocenters. The van der Waals surface area contributed by atoms with E-state index in [4.69, 9.17) is 9.84 Å². The topological polar surface area (TPSA) is 58.6 Å². The Labute approximate surface area is 107 Å². The van der Waals surface area contributed by atoms with E-state index in [1.165, 1.54) is 0 Å². The normalized spacial score (nSPS) is 22.7. The van der Waals surface area contributed by atoms with E-state index in [2.05, 4.69) is 5.32 Å². The largest absolute Gasteiger partial charge is 0.445 e. The molecule has 4 nitrogen and oxygen atoms in total. The molecular weight excluding hydrogens is 230 g/mol. The van der Waals surface area contributed by atoms with Crippen LogP contribution in [-0.2, 0) is 11.3 Å². The van der Waals surface area contributed by atoms with Crippen LogP contribution >= 0.6 is 0 Å². The molecule has 4 heteroatoms. The molecule has 98 valence electrons. The van der Waals surface area contributed by atoms with Crippen LogP contribution in [0, 0.1) is 5.92 Å². The van der Waals surface area contributed by atoms with Crippen molar-refractivity contribution in [3.05, 3.63) is 35.9 Å². The molecule has 18 heavy (non-hydrogen) atoms. The van der Waals surface area contributed by atoms with Gasteiger partial charge in [0.25, 0.3) is 0 Å². The van der Waals surface area contributed by atoms with Crippen LogP contribution in [0.2, 0.25) is 0 Å². The van der Waals surface area contributed by atoms with Gasteiger partial charge in [0.1, 0.15) is 6.61 Å². The van der Waals surface area contributed by atoms with Gasteiger partial charge >= 0.3 is 6.09 Å². The van der Waals surface area contributed by atoms with Gasteiger partial charge < -0.3 is 15.2 Å². The fourth-order valence-electron chi connectivity index (χ4n) is 2.36. The van der Waals surface area contributed by atoms with E-state index >= 15 is 0 Å². The van der Waals surface area contributed by atoms with Crippen LogP contribution in [0.25, 0.3) is 0 Å². The molecule has 1 aromatic carbocycles. The van der Waals surface area contributed by atoms with E-state index in [1.807, 2.05) is 30.3 Å². The highest BCUT2D eigenvalue weighted by Crippen LogP contribution is 2.25. The third-order valence-corrected chi connectivity index (χ3v) is 3.41. The van der Waals surface area contributed by atoms with Crippen LogP contribution in [0.1, 0.15) is 24.8 Å². The van der Waals surface area contributed by atoms with Crippen molar-refractivity contribution in [2.24, 2.45) is 5.92 Å². The molecule has 2 unspecified atom stereocenters. The zero-order valence-corrected chi connectivity index (χ0v) is 10.3. The van der Waals surface area contributed by atoms with E-state index in [1.54, 1.807) is 0 Å². The van der Waals surface area contributed by atoms with E-state index in [9.17, 15) is 4.79 Å². The Morgan fingerprint density at radius 3 is 2.83 bits per heavy atom. The Kier molecular flexibility index (Phi) is 4.59. The lowest BCUT2D eigenvalue weighted by Gasteiger charge is -2.18. The van der Waals surface area contributed by atoms with Gasteiger partial charge in [-0.3, -0.25) is 0 Å². The first-order chi connectivity index (χ1) is 8.79. The molecule has 2 rings (SSSR count). The molecule has 1 aliphatic rings. The number of aliphatic hydroxyl groups is 1. The molecule has 1 aromatic rings. The Morgan fingerprint density at radius 1 is 1.33 bits per heavy atom. The lowest BCUT2D eigenvalue weighted by molar-refractivity contribution is 0.128. The summed E-state index contributed by atoms with van der Waals surface area (Å²) in [6.45, 7) is 0.410. The maximum Gasteiger partial charge on any atom is 0.407 e. The molecule has 2 N–H and O–H groups in total. The zero-order valence-electron chi connectivity index (χ0n) is 10.3. The fourth-order valence-corrected chi connectivity index (χ4v) is 2.36. The van der Waals surface area contributed by atoms with E-state index < -0.39 is 6.09 Å². The van der Waals surface area contributed by atoms with Crippen LogP contribution in [0.15, 0.2) is 30.3 Å². The van der Waals surface area contributed by atoms with Crippen molar-refractivity contribution in [2.45, 2.75) is 31.9 Å². The maximum absolute atomic E-state index is 11.6. The minimum atomic E-state index is -0.399. The molecule has 1 saturated carbocycles. The van der Waals surface area contributed by atoms with Gasteiger partial charge in [-0.1, -0.05) is 36.8 Å². The number of ether oxygens (including phenoxy) is 1. The highest BCUT2D eigenvalue weighted by Gasteiger charge is 2.28. The Hall–Kier alpha value is -1.55. The Balaban J connectivity index is 1.75. The van der Waals surface area contributed by atoms with Gasteiger partial charge in [-0.15, -0.1) is 0 Å². The number of amides is 1. The Bertz CT molecular complexity index is 380. The van der Waals surface area contributed by atoms with Gasteiger partial charge in [0.15, 0.2) is 0 Å². The minimum Gasteiger partial charge on any atom is -0.445 e. The summed E-state index contributed by atoms with van der Waals surface area (Å²) in [7, 11) is 0. The highest BCUT2D eigenvalue weighted by atomic mass is 16.5. The number of alkyl carbamates (subject to hydrolysis) is 1. The summed E-state index contributed by atoms with van der Waals surface area (Å²) in [5.41, 5.74) is 0.970. The highest BCUT2D eigenvalue weighted by molar-refractivity contribution is 5.67. The predicted octanol–water partition coefficient (Wildman–Crippen LogP) is 2.07. The molecule has 0 radical (unpaired) electrons. The molecule has 0 aliphatic heterocycles. The summed E-state index contributed by atoms with van der Waals surface area (Å²) in [6, 6.07) is 9.63. The number of rotatable bonds is 4. The monoisotopic (exact) mass is 249 g/mol. The standard InChI is InChI=1S/C14H19NO3/c16-9-12-7-4-8-13(12)15-14(17)18-10-11-5-2-1-3-6-11/h1-3,5-6,12-13,16H,4,7-10H2,(H,15,17). The maximum atomic E-state index is 11.6. The van der Waals surface area contributed by atoms with Crippen molar-refractivity contribution >= 4 is 6.09 Å². The summed E-state index contributed by atoms with van der Waals surface area (Å²) in [6.07, 6.45) is 2.55. The first-order valence-electron chi connectivity index (χ1n) is 6.37. The first-order valence-corrected chi connectivity index (χ1v) is 6.37. The van der Waals surface area contributed by atoms with E-state index in [-0.39, 0.29) is 25.2 Å². The predicted molar refractivity (Wildman–Crippen MR) is 68.0 cm³/mol. The third kappa shape index (κ3) is 3.47. The molecule has 1 amide bonds. The minimum absolute atomic E-state index is 0.0540. The molecular formula is C14H19NO3. The third-order valence-electron chi connectivity index (χ3n) is 3.41. The second kappa shape index (κ2) is 6.40. The smallest absolute Gasteiger partial charge is 0.407 e. The molecule has 0 aromatic heterocycles. The lowest BCUT2D eigenvalue weighted by Crippen LogP contribution is -2.38. The number of hydrogen-bond acceptors (Lipinski definition) is 3. The second-order valence-electron chi connectivity index (χ2n) is 4.69. The molecule has 1 fully saturated rings. The van der Waals surface area contributed by atoms with Gasteiger partial charge in [0.05, 0.1) is 0 Å². The number of aliphatic hydroxyl groups excluding tert-OH is 1. The van der Waals surface area contributed by atoms with Gasteiger partial charge in [0, 0.05) is 18.6 Å². The number of benzene rings is 1. The zero-order chi connectivity index (χ0) is 12.8. The van der Waals surface area contributed by atoms with Crippen molar-refractivity contribution in [3.63, 3.8) is 0 Å². The summed E-state index contributed by atoms with van der Waals surface area (Å²) >= 11 is 0. The average molecular weight is 249 g/mol.